The first-order valence-electron chi connectivity index (χ1n) is 9.37. The van der Waals surface area contributed by atoms with Crippen LogP contribution in [-0.4, -0.2) is 59.9 Å². The molecule has 1 aromatic heterocycles. The lowest BCUT2D eigenvalue weighted by Gasteiger charge is -2.34. The van der Waals surface area contributed by atoms with E-state index in [1.54, 1.807) is 12.0 Å². The molecule has 0 spiro atoms. The van der Waals surface area contributed by atoms with E-state index in [-0.39, 0.29) is 11.8 Å². The van der Waals surface area contributed by atoms with Crippen molar-refractivity contribution in [3.05, 3.63) is 65.4 Å². The Morgan fingerprint density at radius 2 is 1.54 bits per heavy atom. The molecule has 0 atom stereocenters. The number of benzene rings is 2. The summed E-state index contributed by atoms with van der Waals surface area (Å²) in [5.41, 5.74) is 3.27. The van der Waals surface area contributed by atoms with Gasteiger partial charge in [-0.3, -0.25) is 9.59 Å². The number of fused-ring (bicyclic) bond motifs is 1. The molecule has 6 heteroatoms. The van der Waals surface area contributed by atoms with Gasteiger partial charge in [-0.05, 0) is 43.3 Å². The van der Waals surface area contributed by atoms with Gasteiger partial charge in [-0.2, -0.15) is 0 Å². The van der Waals surface area contributed by atoms with Gasteiger partial charge in [-0.15, -0.1) is 0 Å². The van der Waals surface area contributed by atoms with Crippen LogP contribution in [0.25, 0.3) is 10.9 Å². The standard InChI is InChI=1S/C22H23N3O3/c1-15-3-5-16(6-4-15)21(26)24-9-11-25(12-10-24)22(27)20-14-17-13-18(28-2)7-8-19(17)23-20/h3-8,13-14,23H,9-12H2,1-2H3. The van der Waals surface area contributed by atoms with E-state index in [1.807, 2.05) is 60.4 Å². The first kappa shape index (κ1) is 18.1. The summed E-state index contributed by atoms with van der Waals surface area (Å²) in [7, 11) is 1.62. The first-order chi connectivity index (χ1) is 13.5. The SMILES string of the molecule is COc1ccc2[nH]c(C(=O)N3CCN(C(=O)c4ccc(C)cc4)CC3)cc2c1. The van der Waals surface area contributed by atoms with Crippen LogP contribution in [-0.2, 0) is 0 Å². The highest BCUT2D eigenvalue weighted by molar-refractivity contribution is 5.99. The van der Waals surface area contributed by atoms with Gasteiger partial charge in [0.15, 0.2) is 0 Å². The number of carbonyl (C=O) groups is 2. The smallest absolute Gasteiger partial charge is 0.270 e. The molecule has 4 rings (SSSR count). The lowest BCUT2D eigenvalue weighted by molar-refractivity contribution is 0.0533. The highest BCUT2D eigenvalue weighted by Crippen LogP contribution is 2.22. The van der Waals surface area contributed by atoms with Crippen LogP contribution < -0.4 is 4.74 Å². The number of ether oxygens (including phenoxy) is 1. The monoisotopic (exact) mass is 377 g/mol. The van der Waals surface area contributed by atoms with E-state index in [0.29, 0.717) is 37.4 Å². The van der Waals surface area contributed by atoms with E-state index in [9.17, 15) is 9.59 Å². The molecule has 2 aromatic carbocycles. The number of hydrogen-bond donors (Lipinski definition) is 1. The highest BCUT2D eigenvalue weighted by Gasteiger charge is 2.26. The molecule has 1 N–H and O–H groups in total. The number of carbonyl (C=O) groups excluding carboxylic acids is 2. The molecule has 144 valence electrons. The van der Waals surface area contributed by atoms with E-state index in [4.69, 9.17) is 4.74 Å². The van der Waals surface area contributed by atoms with Crippen LogP contribution in [0.5, 0.6) is 5.75 Å². The molecule has 3 aromatic rings. The molecule has 1 saturated heterocycles. The molecule has 1 aliphatic rings. The Bertz CT molecular complexity index is 1020. The van der Waals surface area contributed by atoms with Crippen molar-refractivity contribution in [2.75, 3.05) is 33.3 Å². The molecule has 1 fully saturated rings. The summed E-state index contributed by atoms with van der Waals surface area (Å²) < 4.78 is 5.24. The van der Waals surface area contributed by atoms with Crippen LogP contribution >= 0.6 is 0 Å². The van der Waals surface area contributed by atoms with Crippen molar-refractivity contribution in [3.8, 4) is 5.75 Å². The Morgan fingerprint density at radius 1 is 0.893 bits per heavy atom. The van der Waals surface area contributed by atoms with Gasteiger partial charge < -0.3 is 19.5 Å². The maximum absolute atomic E-state index is 12.9. The topological polar surface area (TPSA) is 65.6 Å². The van der Waals surface area contributed by atoms with Crippen molar-refractivity contribution in [3.63, 3.8) is 0 Å². The second kappa shape index (κ2) is 7.38. The molecule has 0 radical (unpaired) electrons. The Hall–Kier alpha value is -3.28. The van der Waals surface area contributed by atoms with E-state index < -0.39 is 0 Å². The lowest BCUT2D eigenvalue weighted by atomic mass is 10.1. The summed E-state index contributed by atoms with van der Waals surface area (Å²) in [6.07, 6.45) is 0. The third-order valence-electron chi connectivity index (χ3n) is 5.21. The van der Waals surface area contributed by atoms with Gasteiger partial charge in [0.2, 0.25) is 0 Å². The fraction of sp³-hybridized carbons (Fsp3) is 0.273. The molecule has 6 nitrogen and oxygen atoms in total. The minimum Gasteiger partial charge on any atom is -0.497 e. The molecular formula is C22H23N3O3. The normalized spacial score (nSPS) is 14.4. The van der Waals surface area contributed by atoms with Gasteiger partial charge in [-0.1, -0.05) is 17.7 Å². The van der Waals surface area contributed by atoms with Crippen LogP contribution in [0.3, 0.4) is 0 Å². The number of aromatic amines is 1. The Kier molecular flexibility index (Phi) is 4.77. The number of rotatable bonds is 3. The zero-order valence-corrected chi connectivity index (χ0v) is 16.1. The van der Waals surface area contributed by atoms with Gasteiger partial charge >= 0.3 is 0 Å². The number of amides is 2. The number of aromatic nitrogens is 1. The number of aryl methyl sites for hydroxylation is 1. The van der Waals surface area contributed by atoms with Gasteiger partial charge in [0.25, 0.3) is 11.8 Å². The van der Waals surface area contributed by atoms with Crippen molar-refractivity contribution < 1.29 is 14.3 Å². The predicted molar refractivity (Wildman–Crippen MR) is 108 cm³/mol. The van der Waals surface area contributed by atoms with Crippen molar-refractivity contribution in [2.24, 2.45) is 0 Å². The summed E-state index contributed by atoms with van der Waals surface area (Å²) in [5, 5.41) is 0.941. The summed E-state index contributed by atoms with van der Waals surface area (Å²) in [6, 6.07) is 15.1. The second-order valence-electron chi connectivity index (χ2n) is 7.09. The Labute approximate surface area is 163 Å². The zero-order chi connectivity index (χ0) is 19.7. The number of nitrogens with one attached hydrogen (secondary N) is 1. The van der Waals surface area contributed by atoms with Crippen molar-refractivity contribution in [2.45, 2.75) is 6.92 Å². The minimum absolute atomic E-state index is 0.0183. The molecule has 0 saturated carbocycles. The first-order valence-corrected chi connectivity index (χ1v) is 9.37. The van der Waals surface area contributed by atoms with E-state index >= 15 is 0 Å². The summed E-state index contributed by atoms with van der Waals surface area (Å²) in [4.78, 5) is 32.3. The fourth-order valence-electron chi connectivity index (χ4n) is 3.51. The van der Waals surface area contributed by atoms with Crippen LogP contribution in [0, 0.1) is 6.92 Å². The van der Waals surface area contributed by atoms with Crippen LogP contribution in [0.15, 0.2) is 48.5 Å². The summed E-state index contributed by atoms with van der Waals surface area (Å²) in [6.45, 7) is 4.11. The second-order valence-corrected chi connectivity index (χ2v) is 7.09. The molecule has 2 amide bonds. The average Bonchev–Trinajstić information content (AvgIpc) is 3.16. The number of H-pyrrole nitrogens is 1. The summed E-state index contributed by atoms with van der Waals surface area (Å²) in [5.74, 6) is 0.733. The van der Waals surface area contributed by atoms with Crippen molar-refractivity contribution in [1.29, 1.82) is 0 Å². The molecule has 0 unspecified atom stereocenters. The predicted octanol–water partition coefficient (Wildman–Crippen LogP) is 3.08. The van der Waals surface area contributed by atoms with Crippen LogP contribution in [0.4, 0.5) is 0 Å². The summed E-state index contributed by atoms with van der Waals surface area (Å²) >= 11 is 0. The fourth-order valence-corrected chi connectivity index (χ4v) is 3.51. The van der Waals surface area contributed by atoms with Crippen LogP contribution in [0.2, 0.25) is 0 Å². The number of piperazine rings is 1. The zero-order valence-electron chi connectivity index (χ0n) is 16.1. The van der Waals surface area contributed by atoms with Crippen LogP contribution in [0.1, 0.15) is 26.4 Å². The highest BCUT2D eigenvalue weighted by atomic mass is 16.5. The van der Waals surface area contributed by atoms with Gasteiger partial charge in [0.1, 0.15) is 11.4 Å². The molecule has 1 aliphatic heterocycles. The third-order valence-corrected chi connectivity index (χ3v) is 5.21. The maximum Gasteiger partial charge on any atom is 0.270 e. The average molecular weight is 377 g/mol. The van der Waals surface area contributed by atoms with E-state index in [0.717, 1.165) is 22.2 Å². The molecule has 0 aliphatic carbocycles. The molecule has 28 heavy (non-hydrogen) atoms. The van der Waals surface area contributed by atoms with Gasteiger partial charge in [-0.25, -0.2) is 0 Å². The van der Waals surface area contributed by atoms with E-state index in [1.165, 1.54) is 0 Å². The quantitative estimate of drug-likeness (QED) is 0.763. The number of hydrogen-bond acceptors (Lipinski definition) is 3. The van der Waals surface area contributed by atoms with E-state index in [2.05, 4.69) is 4.98 Å². The van der Waals surface area contributed by atoms with Gasteiger partial charge in [0, 0.05) is 42.6 Å². The molecule has 0 bridgehead atoms. The molecular weight excluding hydrogens is 354 g/mol. The van der Waals surface area contributed by atoms with Gasteiger partial charge in [0.05, 0.1) is 7.11 Å². The Balaban J connectivity index is 1.42. The van der Waals surface area contributed by atoms with Crippen molar-refractivity contribution in [1.82, 2.24) is 14.8 Å². The Morgan fingerprint density at radius 3 is 2.18 bits per heavy atom. The van der Waals surface area contributed by atoms with Crippen molar-refractivity contribution >= 4 is 22.7 Å². The lowest BCUT2D eigenvalue weighted by Crippen LogP contribution is -2.50. The largest absolute Gasteiger partial charge is 0.497 e. The molecule has 2 heterocycles. The number of nitrogens with zero attached hydrogens (tertiary/aromatic N) is 2. The number of methoxy groups -OCH3 is 1. The maximum atomic E-state index is 12.9. The minimum atomic E-state index is -0.0439. The third kappa shape index (κ3) is 3.45.